The van der Waals surface area contributed by atoms with Gasteiger partial charge in [-0.1, -0.05) is 35.4 Å². The molecule has 0 radical (unpaired) electrons. The number of carbonyl (C=O) groups excluding carboxylic acids is 1. The van der Waals surface area contributed by atoms with Crippen LogP contribution in [0, 0.1) is 0 Å². The summed E-state index contributed by atoms with van der Waals surface area (Å²) < 4.78 is 4.81. The molecule has 2 nitrogen and oxygen atoms in total. The van der Waals surface area contributed by atoms with Gasteiger partial charge in [-0.05, 0) is 19.9 Å². The first kappa shape index (κ1) is 14.0. The van der Waals surface area contributed by atoms with Gasteiger partial charge in [-0.15, -0.1) is 0 Å². The van der Waals surface area contributed by atoms with Crippen molar-refractivity contribution in [2.75, 3.05) is 6.61 Å². The third-order valence-electron chi connectivity index (χ3n) is 1.70. The van der Waals surface area contributed by atoms with Gasteiger partial charge < -0.3 is 4.74 Å². The molecule has 0 aromatic carbocycles. The summed E-state index contributed by atoms with van der Waals surface area (Å²) in [6, 6.07) is 0. The summed E-state index contributed by atoms with van der Waals surface area (Å²) in [6.07, 6.45) is 4.30. The van der Waals surface area contributed by atoms with Crippen LogP contribution in [0.2, 0.25) is 0 Å². The van der Waals surface area contributed by atoms with Crippen LogP contribution in [0.3, 0.4) is 0 Å². The number of halogens is 1. The molecule has 15 heavy (non-hydrogen) atoms. The Bertz CT molecular complexity index is 301. The Morgan fingerprint density at radius 3 is 2.40 bits per heavy atom. The van der Waals surface area contributed by atoms with E-state index in [0.717, 1.165) is 11.1 Å². The second-order valence-corrected chi connectivity index (χ2v) is 3.81. The molecular formula is C12H17ClO2. The molecule has 0 bridgehead atoms. The maximum atomic E-state index is 10.5. The van der Waals surface area contributed by atoms with E-state index < -0.39 is 0 Å². The lowest BCUT2D eigenvalue weighted by Crippen LogP contribution is -2.00. The minimum absolute atomic E-state index is 0.267. The summed E-state index contributed by atoms with van der Waals surface area (Å²) in [6.45, 7) is 9.31. The first-order valence-electron chi connectivity index (χ1n) is 4.75. The summed E-state index contributed by atoms with van der Waals surface area (Å²) in [4.78, 5) is 10.5. The van der Waals surface area contributed by atoms with E-state index in [1.54, 1.807) is 6.08 Å². The van der Waals surface area contributed by atoms with Gasteiger partial charge in [-0.2, -0.15) is 0 Å². The van der Waals surface area contributed by atoms with Gasteiger partial charge in [-0.25, -0.2) is 0 Å². The van der Waals surface area contributed by atoms with Crippen molar-refractivity contribution in [1.29, 1.82) is 0 Å². The van der Waals surface area contributed by atoms with Gasteiger partial charge in [0.1, 0.15) is 0 Å². The van der Waals surface area contributed by atoms with Crippen molar-refractivity contribution < 1.29 is 9.53 Å². The van der Waals surface area contributed by atoms with E-state index in [4.69, 9.17) is 16.3 Å². The molecule has 0 atom stereocenters. The van der Waals surface area contributed by atoms with Crippen molar-refractivity contribution in [3.8, 4) is 0 Å². The first-order valence-corrected chi connectivity index (χ1v) is 5.13. The van der Waals surface area contributed by atoms with Crippen LogP contribution in [0.15, 0.2) is 34.9 Å². The number of hydrogen-bond acceptors (Lipinski definition) is 2. The lowest BCUT2D eigenvalue weighted by atomic mass is 10.2. The van der Waals surface area contributed by atoms with E-state index in [2.05, 4.69) is 6.58 Å². The Morgan fingerprint density at radius 2 is 1.93 bits per heavy atom. The second kappa shape index (κ2) is 7.30. The monoisotopic (exact) mass is 228 g/mol. The summed E-state index contributed by atoms with van der Waals surface area (Å²) in [5.41, 5.74) is 1.94. The van der Waals surface area contributed by atoms with E-state index >= 15 is 0 Å². The zero-order valence-corrected chi connectivity index (χ0v) is 10.2. The van der Waals surface area contributed by atoms with Gasteiger partial charge >= 0.3 is 5.97 Å². The third kappa shape index (κ3) is 8.01. The van der Waals surface area contributed by atoms with Crippen molar-refractivity contribution in [3.63, 3.8) is 0 Å². The van der Waals surface area contributed by atoms with E-state index in [1.807, 2.05) is 19.9 Å². The van der Waals surface area contributed by atoms with Crippen molar-refractivity contribution >= 4 is 17.6 Å². The molecule has 0 aliphatic carbocycles. The fraction of sp³-hybridized carbons (Fsp3) is 0.417. The average Bonchev–Trinajstić information content (AvgIpc) is 2.13. The van der Waals surface area contributed by atoms with Crippen LogP contribution in [-0.2, 0) is 9.53 Å². The molecule has 0 rings (SSSR count). The second-order valence-electron chi connectivity index (χ2n) is 3.40. The van der Waals surface area contributed by atoms with Crippen LogP contribution in [-0.4, -0.2) is 12.6 Å². The summed E-state index contributed by atoms with van der Waals surface area (Å²) in [5.74, 6) is -0.267. The quantitative estimate of drug-likeness (QED) is 0.531. The Morgan fingerprint density at radius 1 is 1.33 bits per heavy atom. The number of ether oxygens (including phenoxy) is 1. The molecule has 0 amide bonds. The molecule has 0 N–H and O–H groups in total. The van der Waals surface area contributed by atoms with Gasteiger partial charge in [0.2, 0.25) is 0 Å². The fourth-order valence-corrected chi connectivity index (χ4v) is 0.982. The number of allylic oxidation sites excluding steroid dienone is 4. The standard InChI is InChI=1S/C12H17ClO2/c1-9(2)5-6-12(13)10(3)7-8-15-11(4)14/h5-6H,1,7-8H2,2-4H3. The van der Waals surface area contributed by atoms with Crippen LogP contribution in [0.25, 0.3) is 0 Å². The molecule has 0 heterocycles. The molecule has 84 valence electrons. The molecular weight excluding hydrogens is 212 g/mol. The maximum absolute atomic E-state index is 10.5. The molecule has 3 heteroatoms. The lowest BCUT2D eigenvalue weighted by molar-refractivity contribution is -0.140. The molecule has 0 spiro atoms. The van der Waals surface area contributed by atoms with Crippen LogP contribution in [0.4, 0.5) is 0 Å². The summed E-state index contributed by atoms with van der Waals surface area (Å²) in [7, 11) is 0. The smallest absolute Gasteiger partial charge is 0.302 e. The highest BCUT2D eigenvalue weighted by atomic mass is 35.5. The molecule has 0 unspecified atom stereocenters. The van der Waals surface area contributed by atoms with Gasteiger partial charge in [0, 0.05) is 18.4 Å². The Hall–Kier alpha value is -1.02. The third-order valence-corrected chi connectivity index (χ3v) is 2.15. The normalized spacial score (nSPS) is 12.5. The van der Waals surface area contributed by atoms with Crippen molar-refractivity contribution in [2.45, 2.75) is 27.2 Å². The SMILES string of the molecule is C=C(C)C=CC(Cl)=C(C)CCOC(C)=O. The summed E-state index contributed by atoms with van der Waals surface area (Å²) in [5, 5.41) is 0.671. The zero-order chi connectivity index (χ0) is 11.8. The van der Waals surface area contributed by atoms with E-state index in [9.17, 15) is 4.79 Å². The van der Waals surface area contributed by atoms with Gasteiger partial charge in [0.25, 0.3) is 0 Å². The number of esters is 1. The minimum Gasteiger partial charge on any atom is -0.466 e. The Labute approximate surface area is 96.3 Å². The highest BCUT2D eigenvalue weighted by Gasteiger charge is 1.98. The summed E-state index contributed by atoms with van der Waals surface area (Å²) >= 11 is 6.00. The lowest BCUT2D eigenvalue weighted by Gasteiger charge is -2.03. The van der Waals surface area contributed by atoms with Gasteiger partial charge in [0.05, 0.1) is 6.61 Å². The molecule has 0 aliphatic heterocycles. The first-order chi connectivity index (χ1) is 6.93. The van der Waals surface area contributed by atoms with Crippen molar-refractivity contribution in [2.24, 2.45) is 0 Å². The predicted molar refractivity (Wildman–Crippen MR) is 63.8 cm³/mol. The topological polar surface area (TPSA) is 26.3 Å². The van der Waals surface area contributed by atoms with E-state index in [1.165, 1.54) is 6.92 Å². The van der Waals surface area contributed by atoms with Crippen LogP contribution in [0.1, 0.15) is 27.2 Å². The zero-order valence-electron chi connectivity index (χ0n) is 9.47. The van der Waals surface area contributed by atoms with E-state index in [0.29, 0.717) is 18.1 Å². The Kier molecular flexibility index (Phi) is 6.80. The highest BCUT2D eigenvalue weighted by Crippen LogP contribution is 2.14. The molecule has 0 aromatic rings. The molecule has 0 fully saturated rings. The molecule has 0 saturated carbocycles. The van der Waals surface area contributed by atoms with Crippen LogP contribution >= 0.6 is 11.6 Å². The largest absolute Gasteiger partial charge is 0.466 e. The van der Waals surface area contributed by atoms with Gasteiger partial charge in [-0.3, -0.25) is 4.79 Å². The predicted octanol–water partition coefficient (Wildman–Crippen LogP) is 3.58. The van der Waals surface area contributed by atoms with Gasteiger partial charge in [0.15, 0.2) is 0 Å². The minimum atomic E-state index is -0.267. The van der Waals surface area contributed by atoms with Crippen molar-refractivity contribution in [1.82, 2.24) is 0 Å². The molecule has 0 saturated heterocycles. The number of carbonyl (C=O) groups is 1. The van der Waals surface area contributed by atoms with Crippen LogP contribution < -0.4 is 0 Å². The molecule has 0 aliphatic rings. The highest BCUT2D eigenvalue weighted by molar-refractivity contribution is 6.31. The van der Waals surface area contributed by atoms with Crippen LogP contribution in [0.5, 0.6) is 0 Å². The maximum Gasteiger partial charge on any atom is 0.302 e. The molecule has 0 aromatic heterocycles. The van der Waals surface area contributed by atoms with E-state index in [-0.39, 0.29) is 5.97 Å². The number of rotatable bonds is 5. The fourth-order valence-electron chi connectivity index (χ4n) is 0.825. The Balaban J connectivity index is 4.14. The average molecular weight is 229 g/mol. The number of hydrogen-bond donors (Lipinski definition) is 0. The van der Waals surface area contributed by atoms with Crippen molar-refractivity contribution in [3.05, 3.63) is 34.9 Å².